The average Bonchev–Trinajstić information content (AvgIpc) is 1.38. The Morgan fingerprint density at radius 1 is 1.67 bits per heavy atom. The Hall–Kier alpha value is 0.144. The van der Waals surface area contributed by atoms with Gasteiger partial charge in [-0.3, -0.25) is 0 Å². The SMILES string of the molecule is O=C(O)CO.[Ti]. The van der Waals surface area contributed by atoms with Crippen LogP contribution in [-0.4, -0.2) is 22.8 Å². The van der Waals surface area contributed by atoms with Crippen LogP contribution in [0.5, 0.6) is 0 Å². The quantitative estimate of drug-likeness (QED) is 0.443. The van der Waals surface area contributed by atoms with Gasteiger partial charge in [-0.25, -0.2) is 4.79 Å². The maximum absolute atomic E-state index is 9.12. The summed E-state index contributed by atoms with van der Waals surface area (Å²) >= 11 is 0. The molecule has 2 N–H and O–H groups in total. The molecule has 6 heavy (non-hydrogen) atoms. The number of hydrogen-bond acceptors (Lipinski definition) is 2. The van der Waals surface area contributed by atoms with E-state index in [2.05, 4.69) is 0 Å². The van der Waals surface area contributed by atoms with E-state index in [4.69, 9.17) is 15.0 Å². The van der Waals surface area contributed by atoms with E-state index in [0.717, 1.165) is 0 Å². The Morgan fingerprint density at radius 3 is 1.83 bits per heavy atom. The Balaban J connectivity index is 0. The molecule has 0 rings (SSSR count). The summed E-state index contributed by atoms with van der Waals surface area (Å²) in [4.78, 5) is 9.12. The number of aliphatic carboxylic acids is 1. The number of aliphatic hydroxyl groups excluding tert-OH is 1. The summed E-state index contributed by atoms with van der Waals surface area (Å²) in [6.07, 6.45) is 0. The van der Waals surface area contributed by atoms with Crippen molar-refractivity contribution in [2.24, 2.45) is 0 Å². The smallest absolute Gasteiger partial charge is 0.329 e. The first-order valence-electron chi connectivity index (χ1n) is 1.10. The molecule has 0 aromatic rings. The van der Waals surface area contributed by atoms with Gasteiger partial charge in [0.25, 0.3) is 0 Å². The van der Waals surface area contributed by atoms with E-state index >= 15 is 0 Å². The van der Waals surface area contributed by atoms with Crippen molar-refractivity contribution < 1.29 is 36.7 Å². The first-order chi connectivity index (χ1) is 2.27. The molecule has 0 atom stereocenters. The molecule has 0 aromatic carbocycles. The molecule has 0 amide bonds. The van der Waals surface area contributed by atoms with Gasteiger partial charge in [-0.1, -0.05) is 0 Å². The largest absolute Gasteiger partial charge is 0.480 e. The van der Waals surface area contributed by atoms with Crippen LogP contribution in [0.3, 0.4) is 0 Å². The third-order valence-electron chi connectivity index (χ3n) is 0.135. The van der Waals surface area contributed by atoms with E-state index in [9.17, 15) is 0 Å². The predicted octanol–water partition coefficient (Wildman–Crippen LogP) is -0.939. The van der Waals surface area contributed by atoms with Gasteiger partial charge >= 0.3 is 5.97 Å². The Kier molecular flexibility index (Phi) is 8.12. The summed E-state index contributed by atoms with van der Waals surface area (Å²) in [5.74, 6) is -1.19. The Bertz CT molecular complexity index is 44.1. The van der Waals surface area contributed by atoms with Gasteiger partial charge in [0.1, 0.15) is 6.61 Å². The van der Waals surface area contributed by atoms with E-state index in [-0.39, 0.29) is 21.7 Å². The van der Waals surface area contributed by atoms with Crippen LogP contribution in [0, 0.1) is 0 Å². The minimum Gasteiger partial charge on any atom is -0.480 e. The molecule has 0 radical (unpaired) electrons. The van der Waals surface area contributed by atoms with Gasteiger partial charge in [-0.2, -0.15) is 0 Å². The van der Waals surface area contributed by atoms with Crippen molar-refractivity contribution in [3.05, 3.63) is 0 Å². The zero-order valence-electron chi connectivity index (χ0n) is 3.01. The third-order valence-corrected chi connectivity index (χ3v) is 0.135. The zero-order valence-corrected chi connectivity index (χ0v) is 4.57. The molecule has 0 aliphatic rings. The number of carbonyl (C=O) groups is 1. The molecule has 4 heteroatoms. The van der Waals surface area contributed by atoms with E-state index < -0.39 is 12.6 Å². The van der Waals surface area contributed by atoms with Crippen LogP contribution < -0.4 is 0 Å². The van der Waals surface area contributed by atoms with Crippen LogP contribution in [0.2, 0.25) is 0 Å². The number of hydrogen-bond donors (Lipinski definition) is 2. The van der Waals surface area contributed by atoms with Crippen LogP contribution >= 0.6 is 0 Å². The summed E-state index contributed by atoms with van der Waals surface area (Å²) in [6, 6.07) is 0. The minimum atomic E-state index is -1.19. The van der Waals surface area contributed by atoms with Crippen molar-refractivity contribution in [1.82, 2.24) is 0 Å². The van der Waals surface area contributed by atoms with Gasteiger partial charge in [0.05, 0.1) is 0 Å². The molecule has 34 valence electrons. The second-order valence-electron chi connectivity index (χ2n) is 0.552. The average molecular weight is 124 g/mol. The van der Waals surface area contributed by atoms with Crippen LogP contribution in [-0.2, 0) is 26.5 Å². The fourth-order valence-corrected chi connectivity index (χ4v) is 0. The summed E-state index contributed by atoms with van der Waals surface area (Å²) < 4.78 is 0. The molecular formula is C2H4O3Ti. The van der Waals surface area contributed by atoms with Crippen LogP contribution in [0.25, 0.3) is 0 Å². The molecule has 3 nitrogen and oxygen atoms in total. The van der Waals surface area contributed by atoms with Gasteiger partial charge in [0.2, 0.25) is 0 Å². The van der Waals surface area contributed by atoms with Crippen LogP contribution in [0.1, 0.15) is 0 Å². The topological polar surface area (TPSA) is 57.5 Å². The molecule has 0 aliphatic heterocycles. The van der Waals surface area contributed by atoms with Gasteiger partial charge in [-0.15, -0.1) is 0 Å². The zero-order chi connectivity index (χ0) is 4.28. The van der Waals surface area contributed by atoms with E-state index in [1.807, 2.05) is 0 Å². The van der Waals surface area contributed by atoms with Gasteiger partial charge in [0.15, 0.2) is 0 Å². The fraction of sp³-hybridized carbons (Fsp3) is 0.500. The van der Waals surface area contributed by atoms with E-state index in [1.165, 1.54) is 0 Å². The molecule has 0 aliphatic carbocycles. The molecule has 0 aromatic heterocycles. The van der Waals surface area contributed by atoms with Crippen LogP contribution in [0.15, 0.2) is 0 Å². The number of carboxylic acid groups (broad SMARTS) is 1. The molecular weight excluding hydrogens is 120 g/mol. The van der Waals surface area contributed by atoms with E-state index in [0.29, 0.717) is 0 Å². The normalized spacial score (nSPS) is 6.17. The number of carboxylic acids is 1. The summed E-state index contributed by atoms with van der Waals surface area (Å²) in [6.45, 7) is -0.778. The Labute approximate surface area is 49.9 Å². The predicted molar refractivity (Wildman–Crippen MR) is 14.7 cm³/mol. The van der Waals surface area contributed by atoms with Crippen molar-refractivity contribution in [1.29, 1.82) is 0 Å². The summed E-state index contributed by atoms with van der Waals surface area (Å²) in [7, 11) is 0. The van der Waals surface area contributed by atoms with Gasteiger partial charge < -0.3 is 10.2 Å². The third kappa shape index (κ3) is 8.91. The Morgan fingerprint density at radius 2 is 1.83 bits per heavy atom. The monoisotopic (exact) mass is 124 g/mol. The maximum Gasteiger partial charge on any atom is 0.329 e. The minimum absolute atomic E-state index is 0. The second kappa shape index (κ2) is 5.14. The van der Waals surface area contributed by atoms with Crippen molar-refractivity contribution in [3.8, 4) is 0 Å². The van der Waals surface area contributed by atoms with Crippen molar-refractivity contribution in [3.63, 3.8) is 0 Å². The summed E-state index contributed by atoms with van der Waals surface area (Å²) in [5.41, 5.74) is 0. The van der Waals surface area contributed by atoms with Crippen molar-refractivity contribution >= 4 is 5.97 Å². The molecule has 0 bridgehead atoms. The molecule has 0 saturated heterocycles. The van der Waals surface area contributed by atoms with Gasteiger partial charge in [0, 0.05) is 21.7 Å². The molecule has 0 spiro atoms. The first-order valence-corrected chi connectivity index (χ1v) is 1.10. The molecule has 0 unspecified atom stereocenters. The standard InChI is InChI=1S/C2H4O3.Ti/c3-1-2(4)5;/h3H,1H2,(H,4,5);. The van der Waals surface area contributed by atoms with Gasteiger partial charge in [-0.05, 0) is 0 Å². The van der Waals surface area contributed by atoms with Crippen molar-refractivity contribution in [2.45, 2.75) is 0 Å². The number of rotatable bonds is 1. The van der Waals surface area contributed by atoms with Crippen molar-refractivity contribution in [2.75, 3.05) is 6.61 Å². The van der Waals surface area contributed by atoms with E-state index in [1.54, 1.807) is 0 Å². The fourth-order valence-electron chi connectivity index (χ4n) is 0. The molecule has 0 saturated carbocycles. The number of aliphatic hydroxyl groups is 1. The molecule has 0 heterocycles. The maximum atomic E-state index is 9.12. The molecule has 0 fully saturated rings. The van der Waals surface area contributed by atoms with Crippen LogP contribution in [0.4, 0.5) is 0 Å². The summed E-state index contributed by atoms with van der Waals surface area (Å²) in [5, 5.41) is 15.0. The first kappa shape index (κ1) is 9.47. The second-order valence-corrected chi connectivity index (χ2v) is 0.552.